The first kappa shape index (κ1) is 101. The van der Waals surface area contributed by atoms with Gasteiger partial charge in [-0.1, -0.05) is 389 Å². The maximum Gasteiger partial charge on any atom is 0.472 e. The van der Waals surface area contributed by atoms with Crippen LogP contribution >= 0.6 is 15.6 Å². The molecule has 4 unspecified atom stereocenters. The predicted octanol–water partition coefficient (Wildman–Crippen LogP) is 25.3. The van der Waals surface area contributed by atoms with Gasteiger partial charge >= 0.3 is 39.5 Å². The Bertz CT molecular complexity index is 2000. The van der Waals surface area contributed by atoms with Gasteiger partial charge in [0.15, 0.2) is 12.2 Å². The quantitative estimate of drug-likeness (QED) is 0.0222. The highest BCUT2D eigenvalue weighted by molar-refractivity contribution is 7.47. The molecule has 19 heteroatoms. The highest BCUT2D eigenvalue weighted by Crippen LogP contribution is 2.45. The van der Waals surface area contributed by atoms with Crippen LogP contribution in [0.25, 0.3) is 0 Å². The van der Waals surface area contributed by atoms with Crippen molar-refractivity contribution in [2.75, 3.05) is 39.6 Å². The van der Waals surface area contributed by atoms with Crippen LogP contribution in [0, 0.1) is 17.8 Å². The minimum absolute atomic E-state index is 0.105. The number of carbonyl (C=O) groups is 4. The van der Waals surface area contributed by atoms with E-state index in [1.807, 2.05) is 0 Å². The van der Waals surface area contributed by atoms with Gasteiger partial charge in [0.25, 0.3) is 0 Å². The largest absolute Gasteiger partial charge is 0.472 e. The Morgan fingerprint density at radius 2 is 0.495 bits per heavy atom. The van der Waals surface area contributed by atoms with Crippen LogP contribution in [0.1, 0.15) is 440 Å². The van der Waals surface area contributed by atoms with Crippen molar-refractivity contribution in [3.05, 3.63) is 0 Å². The molecular formula is C84H164O17P2. The maximum absolute atomic E-state index is 13.1. The van der Waals surface area contributed by atoms with Crippen LogP contribution < -0.4 is 0 Å². The Morgan fingerprint density at radius 1 is 0.282 bits per heavy atom. The molecule has 0 heterocycles. The lowest BCUT2D eigenvalue weighted by Crippen LogP contribution is -2.30. The van der Waals surface area contributed by atoms with Gasteiger partial charge in [-0.05, 0) is 43.4 Å². The summed E-state index contributed by atoms with van der Waals surface area (Å²) in [5.41, 5.74) is 0. The first-order valence-corrected chi connectivity index (χ1v) is 46.4. The van der Waals surface area contributed by atoms with Crippen LogP contribution in [0.4, 0.5) is 0 Å². The molecule has 612 valence electrons. The van der Waals surface area contributed by atoms with Crippen LogP contribution in [0.5, 0.6) is 0 Å². The zero-order valence-electron chi connectivity index (χ0n) is 67.8. The van der Waals surface area contributed by atoms with Gasteiger partial charge in [-0.2, -0.15) is 0 Å². The molecule has 17 nitrogen and oxygen atoms in total. The van der Waals surface area contributed by atoms with E-state index in [0.29, 0.717) is 25.7 Å². The summed E-state index contributed by atoms with van der Waals surface area (Å²) in [7, 11) is -9.92. The molecule has 3 N–H and O–H groups in total. The van der Waals surface area contributed by atoms with E-state index in [2.05, 4.69) is 48.5 Å². The summed E-state index contributed by atoms with van der Waals surface area (Å²) in [6, 6.07) is 0. The lowest BCUT2D eigenvalue weighted by atomic mass is 9.99. The Morgan fingerprint density at radius 3 is 0.738 bits per heavy atom. The van der Waals surface area contributed by atoms with Crippen LogP contribution in [0.3, 0.4) is 0 Å². The van der Waals surface area contributed by atoms with Crippen molar-refractivity contribution in [2.24, 2.45) is 17.8 Å². The molecular weight excluding hydrogens is 1340 g/mol. The summed E-state index contributed by atoms with van der Waals surface area (Å²) in [5.74, 6) is 0.228. The summed E-state index contributed by atoms with van der Waals surface area (Å²) in [6.07, 6.45) is 64.0. The van der Waals surface area contributed by atoms with Crippen molar-refractivity contribution in [1.82, 2.24) is 0 Å². The average Bonchev–Trinajstić information content (AvgIpc) is 1.07. The molecule has 0 fully saturated rings. The van der Waals surface area contributed by atoms with E-state index >= 15 is 0 Å². The smallest absolute Gasteiger partial charge is 0.462 e. The van der Waals surface area contributed by atoms with E-state index in [-0.39, 0.29) is 25.7 Å². The molecule has 0 aromatic rings. The van der Waals surface area contributed by atoms with Crippen molar-refractivity contribution in [1.29, 1.82) is 0 Å². The van der Waals surface area contributed by atoms with Crippen LogP contribution in [0.15, 0.2) is 0 Å². The van der Waals surface area contributed by atoms with Gasteiger partial charge in [0.1, 0.15) is 19.3 Å². The lowest BCUT2D eigenvalue weighted by Gasteiger charge is -2.21. The molecule has 103 heavy (non-hydrogen) atoms. The number of esters is 4. The molecule has 0 aliphatic rings. The van der Waals surface area contributed by atoms with Crippen molar-refractivity contribution < 1.29 is 80.2 Å². The number of hydrogen-bond donors (Lipinski definition) is 3. The zero-order chi connectivity index (χ0) is 75.8. The molecule has 0 saturated heterocycles. The zero-order valence-corrected chi connectivity index (χ0v) is 69.6. The minimum Gasteiger partial charge on any atom is -0.462 e. The third-order valence-electron chi connectivity index (χ3n) is 20.4. The molecule has 7 atom stereocenters. The Kier molecular flexibility index (Phi) is 72.8. The number of ether oxygens (including phenoxy) is 4. The average molecular weight is 1510 g/mol. The number of rotatable bonds is 82. The third-order valence-corrected chi connectivity index (χ3v) is 22.3. The number of phosphoric ester groups is 2. The van der Waals surface area contributed by atoms with Gasteiger partial charge < -0.3 is 33.8 Å². The molecule has 0 radical (unpaired) electrons. The second-order valence-corrected chi connectivity index (χ2v) is 34.1. The molecule has 0 aromatic heterocycles. The summed E-state index contributed by atoms with van der Waals surface area (Å²) in [5, 5.41) is 10.7. The topological polar surface area (TPSA) is 237 Å². The molecule has 0 aliphatic heterocycles. The molecule has 0 aromatic carbocycles. The number of carbonyl (C=O) groups excluding carboxylic acids is 4. The summed E-state index contributed by atoms with van der Waals surface area (Å²) in [6.45, 7) is 12.0. The Hall–Kier alpha value is -1.94. The van der Waals surface area contributed by atoms with Gasteiger partial charge in [-0.15, -0.1) is 0 Å². The van der Waals surface area contributed by atoms with E-state index in [1.54, 1.807) is 0 Å². The van der Waals surface area contributed by atoms with E-state index in [9.17, 15) is 43.2 Å². The fourth-order valence-corrected chi connectivity index (χ4v) is 14.5. The van der Waals surface area contributed by atoms with E-state index in [1.165, 1.54) is 244 Å². The Labute approximate surface area is 632 Å². The number of unbranched alkanes of at least 4 members (excludes halogenated alkanes) is 48. The van der Waals surface area contributed by atoms with Gasteiger partial charge in [-0.25, -0.2) is 9.13 Å². The Balaban J connectivity index is 5.21. The molecule has 0 amide bonds. The highest BCUT2D eigenvalue weighted by Gasteiger charge is 2.30. The molecule has 0 aliphatic carbocycles. The van der Waals surface area contributed by atoms with Crippen LogP contribution in [-0.2, 0) is 65.4 Å². The third kappa shape index (κ3) is 75.3. The van der Waals surface area contributed by atoms with Gasteiger partial charge in [-0.3, -0.25) is 37.3 Å². The highest BCUT2D eigenvalue weighted by atomic mass is 31.2. The fourth-order valence-electron chi connectivity index (χ4n) is 13.0. The lowest BCUT2D eigenvalue weighted by molar-refractivity contribution is -0.161. The van der Waals surface area contributed by atoms with Gasteiger partial charge in [0, 0.05) is 25.7 Å². The van der Waals surface area contributed by atoms with E-state index < -0.39 is 97.5 Å². The first-order chi connectivity index (χ1) is 49.8. The summed E-state index contributed by atoms with van der Waals surface area (Å²) >= 11 is 0. The first-order valence-electron chi connectivity index (χ1n) is 43.4. The number of aliphatic hydroxyl groups excluding tert-OH is 1. The van der Waals surface area contributed by atoms with E-state index in [0.717, 1.165) is 114 Å². The number of phosphoric acid groups is 2. The van der Waals surface area contributed by atoms with Gasteiger partial charge in [0.05, 0.1) is 26.4 Å². The summed E-state index contributed by atoms with van der Waals surface area (Å²) < 4.78 is 68.8. The molecule has 0 bridgehead atoms. The monoisotopic (exact) mass is 1510 g/mol. The number of aliphatic hydroxyl groups is 1. The second kappa shape index (κ2) is 74.2. The van der Waals surface area contributed by atoms with Crippen molar-refractivity contribution >= 4 is 39.5 Å². The van der Waals surface area contributed by atoms with Crippen molar-refractivity contribution in [2.45, 2.75) is 458 Å². The maximum atomic E-state index is 13.1. The second-order valence-electron chi connectivity index (χ2n) is 31.2. The fraction of sp³-hybridized carbons (Fsp3) is 0.952. The van der Waals surface area contributed by atoms with Crippen LogP contribution in [-0.4, -0.2) is 96.7 Å². The number of hydrogen-bond acceptors (Lipinski definition) is 15. The molecule has 0 rings (SSSR count). The van der Waals surface area contributed by atoms with Crippen molar-refractivity contribution in [3.8, 4) is 0 Å². The minimum atomic E-state index is -4.96. The van der Waals surface area contributed by atoms with E-state index in [4.69, 9.17) is 37.0 Å². The van der Waals surface area contributed by atoms with Gasteiger partial charge in [0.2, 0.25) is 0 Å². The molecule has 0 spiro atoms. The predicted molar refractivity (Wildman–Crippen MR) is 423 cm³/mol. The standard InChI is InChI=1S/C84H164O17P2/c1-8-11-12-13-14-15-16-17-18-19-20-24-27-30-33-38-43-51-58-65-81(86)94-71-79(100-83(88)67-60-53-44-39-34-31-28-25-22-21-23-26-29-32-37-42-49-56-63-76(6)9-2)73-98-102(90,91)96-69-78(85)70-97-103(92,93)99-74-80(72-95-82(87)66-59-52-47-46-50-57-64-77(7)10-3)101-84(89)68-61-54-45-40-35-36-41-48-55-62-75(4)5/h75-80,85H,8-74H2,1-7H3,(H,90,91)(H,92,93)/t76?,77?,78-,79-,80-/m1/s1. The van der Waals surface area contributed by atoms with Crippen LogP contribution in [0.2, 0.25) is 0 Å². The SMILES string of the molecule is CCCCCCCCCCCCCCCCCCCCCC(=O)OC[C@H](COP(=O)(O)OC[C@@H](O)COP(=O)(O)OC[C@@H](COC(=O)CCCCCCCCC(C)CC)OC(=O)CCCCCCCCCCCC(C)C)OC(=O)CCCCCCCCCCCCCCCCCCCCC(C)CC. The molecule has 0 saturated carbocycles. The summed E-state index contributed by atoms with van der Waals surface area (Å²) in [4.78, 5) is 73.1. The van der Waals surface area contributed by atoms with Crippen molar-refractivity contribution in [3.63, 3.8) is 0 Å². The normalized spacial score (nSPS) is 14.4.